The molecule has 6 aliphatic rings. The summed E-state index contributed by atoms with van der Waals surface area (Å²) in [5.74, 6) is 0.576. The molecule has 57 heavy (non-hydrogen) atoms. The Morgan fingerprint density at radius 2 is 1.47 bits per heavy atom. The Morgan fingerprint density at radius 1 is 0.702 bits per heavy atom. The predicted octanol–water partition coefficient (Wildman–Crippen LogP) is 6.54. The third kappa shape index (κ3) is 6.58. The van der Waals surface area contributed by atoms with Crippen molar-refractivity contribution in [3.8, 4) is 5.75 Å². The number of piperidine rings is 2. The van der Waals surface area contributed by atoms with Gasteiger partial charge in [0.05, 0.1) is 0 Å². The summed E-state index contributed by atoms with van der Waals surface area (Å²) in [6, 6.07) is 30.3. The molecule has 3 atom stereocenters. The van der Waals surface area contributed by atoms with Gasteiger partial charge in [0, 0.05) is 87.0 Å². The van der Waals surface area contributed by atoms with Gasteiger partial charge in [-0.25, -0.2) is 0 Å². The number of rotatable bonds is 6. The summed E-state index contributed by atoms with van der Waals surface area (Å²) in [4.78, 5) is 46.6. The van der Waals surface area contributed by atoms with Gasteiger partial charge in [-0.05, 0) is 133 Å². The maximum Gasteiger partial charge on any atom is 0.255 e. The zero-order chi connectivity index (χ0) is 38.7. The summed E-state index contributed by atoms with van der Waals surface area (Å²) >= 11 is 0. The van der Waals surface area contributed by atoms with Crippen molar-refractivity contribution in [2.24, 2.45) is 5.92 Å². The number of carbonyl (C=O) groups is 3. The SMILES string of the molecule is O=C1CC[C@H](N2Cc3cc(N4CCN(CC5CCN(c6ccc([C@H]7c8ccc(O)cc8CC[C@]78CCCc7ccccc78)cc6)CC5)CC4)ccc3C2=O)C(=O)N1. The molecule has 0 radical (unpaired) electrons. The van der Waals surface area contributed by atoms with Gasteiger partial charge < -0.3 is 19.8 Å². The third-order valence-electron chi connectivity index (χ3n) is 14.4. The zero-order valence-corrected chi connectivity index (χ0v) is 32.8. The number of benzene rings is 4. The van der Waals surface area contributed by atoms with Gasteiger partial charge in [0.1, 0.15) is 11.8 Å². The Morgan fingerprint density at radius 3 is 2.28 bits per heavy atom. The lowest BCUT2D eigenvalue weighted by Gasteiger charge is -2.49. The summed E-state index contributed by atoms with van der Waals surface area (Å²) < 4.78 is 0. The lowest BCUT2D eigenvalue weighted by Crippen LogP contribution is -2.52. The van der Waals surface area contributed by atoms with Crippen LogP contribution in [-0.4, -0.2) is 84.5 Å². The second-order valence-electron chi connectivity index (χ2n) is 17.5. The smallest absolute Gasteiger partial charge is 0.255 e. The van der Waals surface area contributed by atoms with Crippen LogP contribution in [0.1, 0.15) is 94.6 Å². The average Bonchev–Trinajstić information content (AvgIpc) is 3.56. The Kier molecular flexibility index (Phi) is 9.31. The molecule has 1 spiro atoms. The van der Waals surface area contributed by atoms with E-state index in [0.717, 1.165) is 76.3 Å². The number of phenolic OH excluding ortho intramolecular Hbond substituents is 1. The quantitative estimate of drug-likeness (QED) is 0.216. The van der Waals surface area contributed by atoms with E-state index in [1.807, 2.05) is 18.2 Å². The van der Waals surface area contributed by atoms with E-state index >= 15 is 0 Å². The van der Waals surface area contributed by atoms with Crippen molar-refractivity contribution in [1.29, 1.82) is 0 Å². The highest BCUT2D eigenvalue weighted by atomic mass is 16.3. The molecule has 10 rings (SSSR count). The molecule has 0 unspecified atom stereocenters. The molecule has 3 amide bonds. The monoisotopic (exact) mass is 763 g/mol. The predicted molar refractivity (Wildman–Crippen MR) is 222 cm³/mol. The lowest BCUT2D eigenvalue weighted by molar-refractivity contribution is -0.136. The van der Waals surface area contributed by atoms with Crippen molar-refractivity contribution >= 4 is 29.1 Å². The van der Waals surface area contributed by atoms with Crippen molar-refractivity contribution in [3.63, 3.8) is 0 Å². The average molecular weight is 764 g/mol. The summed E-state index contributed by atoms with van der Waals surface area (Å²) in [7, 11) is 0. The van der Waals surface area contributed by atoms with Gasteiger partial charge in [-0.2, -0.15) is 0 Å². The minimum atomic E-state index is -0.585. The van der Waals surface area contributed by atoms with Crippen molar-refractivity contribution in [3.05, 3.63) is 124 Å². The number of fused-ring (bicyclic) bond motifs is 4. The molecule has 0 aromatic heterocycles. The number of hydrogen-bond donors (Lipinski definition) is 2. The normalized spacial score (nSPS) is 25.3. The molecular weight excluding hydrogens is 711 g/mol. The number of amides is 3. The highest BCUT2D eigenvalue weighted by molar-refractivity contribution is 6.05. The van der Waals surface area contributed by atoms with Crippen molar-refractivity contribution in [2.75, 3.05) is 55.6 Å². The molecule has 3 saturated heterocycles. The number of hydrogen-bond acceptors (Lipinski definition) is 7. The first kappa shape index (κ1) is 36.2. The van der Waals surface area contributed by atoms with Gasteiger partial charge in [0.2, 0.25) is 11.8 Å². The first-order valence-electron chi connectivity index (χ1n) is 21.3. The Hall–Kier alpha value is -5.15. The van der Waals surface area contributed by atoms with Crippen molar-refractivity contribution in [1.82, 2.24) is 15.1 Å². The van der Waals surface area contributed by atoms with E-state index in [4.69, 9.17) is 0 Å². The first-order valence-corrected chi connectivity index (χ1v) is 21.3. The van der Waals surface area contributed by atoms with Crippen LogP contribution in [0.25, 0.3) is 0 Å². The number of nitrogens with one attached hydrogen (secondary N) is 1. The minimum Gasteiger partial charge on any atom is -0.508 e. The fourth-order valence-corrected chi connectivity index (χ4v) is 11.5. The number of phenols is 1. The van der Waals surface area contributed by atoms with Gasteiger partial charge in [0.15, 0.2) is 0 Å². The zero-order valence-electron chi connectivity index (χ0n) is 32.8. The largest absolute Gasteiger partial charge is 0.508 e. The van der Waals surface area contributed by atoms with Crippen LogP contribution in [0.2, 0.25) is 0 Å². The fraction of sp³-hybridized carbons (Fsp3) is 0.438. The molecule has 3 fully saturated rings. The van der Waals surface area contributed by atoms with Crippen LogP contribution in [-0.2, 0) is 34.4 Å². The van der Waals surface area contributed by atoms with E-state index in [-0.39, 0.29) is 35.5 Å². The van der Waals surface area contributed by atoms with Crippen molar-refractivity contribution in [2.45, 2.75) is 81.7 Å². The van der Waals surface area contributed by atoms with Crippen LogP contribution in [0.4, 0.5) is 11.4 Å². The summed E-state index contributed by atoms with van der Waals surface area (Å²) in [5.41, 5.74) is 11.3. The Bertz CT molecular complexity index is 2200. The molecule has 0 bridgehead atoms. The number of aryl methyl sites for hydroxylation is 2. The first-order chi connectivity index (χ1) is 27.8. The number of carbonyl (C=O) groups excluding carboxylic acids is 3. The fourth-order valence-electron chi connectivity index (χ4n) is 11.5. The van der Waals surface area contributed by atoms with E-state index in [9.17, 15) is 19.5 Å². The molecule has 4 heterocycles. The molecular formula is C48H53N5O4. The Labute approximate surface area is 335 Å². The van der Waals surface area contributed by atoms with Crippen LogP contribution in [0.3, 0.4) is 0 Å². The van der Waals surface area contributed by atoms with E-state index in [2.05, 4.69) is 86.7 Å². The number of nitrogens with zero attached hydrogens (tertiary/aromatic N) is 4. The van der Waals surface area contributed by atoms with E-state index < -0.39 is 6.04 Å². The second-order valence-corrected chi connectivity index (χ2v) is 17.5. The van der Waals surface area contributed by atoms with Gasteiger partial charge >= 0.3 is 0 Å². The molecule has 9 heteroatoms. The van der Waals surface area contributed by atoms with Crippen LogP contribution < -0.4 is 15.1 Å². The summed E-state index contributed by atoms with van der Waals surface area (Å²) in [6.45, 7) is 7.66. The van der Waals surface area contributed by atoms with Crippen LogP contribution in [0, 0.1) is 5.92 Å². The van der Waals surface area contributed by atoms with Gasteiger partial charge in [0.25, 0.3) is 5.91 Å². The van der Waals surface area contributed by atoms with E-state index in [0.29, 0.717) is 30.2 Å². The molecule has 4 aromatic rings. The minimum absolute atomic E-state index is 0.0764. The summed E-state index contributed by atoms with van der Waals surface area (Å²) in [6.07, 6.45) is 8.73. The third-order valence-corrected chi connectivity index (χ3v) is 14.4. The van der Waals surface area contributed by atoms with E-state index in [1.54, 1.807) is 4.90 Å². The van der Waals surface area contributed by atoms with Gasteiger partial charge in [-0.3, -0.25) is 24.6 Å². The number of aromatic hydroxyl groups is 1. The standard InChI is InChI=1S/C48H53N5O4/c54-39-12-14-40-35(29-39)17-21-48(20-3-5-33-4-1-2-6-42(33)48)45(40)34-7-9-37(10-8-34)51-22-18-32(19-23-51)30-50-24-26-52(27-25-50)38-11-13-41-36(28-38)31-53(47(41)57)43-15-16-44(55)49-46(43)56/h1-2,4,6-14,28-29,32,43,45,54H,3,5,15-27,30-31H2,(H,49,55,56)/t43-,45-,48-/m0/s1. The maximum atomic E-state index is 13.2. The van der Waals surface area contributed by atoms with Gasteiger partial charge in [-0.15, -0.1) is 0 Å². The number of imide groups is 1. The van der Waals surface area contributed by atoms with Gasteiger partial charge in [-0.1, -0.05) is 42.5 Å². The maximum absolute atomic E-state index is 13.2. The van der Waals surface area contributed by atoms with Crippen LogP contribution in [0.15, 0.2) is 84.9 Å². The molecule has 9 nitrogen and oxygen atoms in total. The lowest BCUT2D eigenvalue weighted by atomic mass is 9.54. The highest BCUT2D eigenvalue weighted by Crippen LogP contribution is 2.56. The van der Waals surface area contributed by atoms with Crippen molar-refractivity contribution < 1.29 is 19.5 Å². The Balaban J connectivity index is 0.753. The second kappa shape index (κ2) is 14.7. The molecule has 2 aliphatic carbocycles. The summed E-state index contributed by atoms with van der Waals surface area (Å²) in [5, 5.41) is 12.8. The van der Waals surface area contributed by atoms with E-state index in [1.165, 1.54) is 59.2 Å². The topological polar surface area (TPSA) is 96.4 Å². The molecule has 4 aliphatic heterocycles. The van der Waals surface area contributed by atoms with Crippen LogP contribution in [0.5, 0.6) is 5.75 Å². The molecule has 4 aromatic carbocycles. The molecule has 0 saturated carbocycles. The molecule has 2 N–H and O–H groups in total. The number of piperazine rings is 1. The molecule has 294 valence electrons. The highest BCUT2D eigenvalue weighted by Gasteiger charge is 2.47. The number of anilines is 2. The van der Waals surface area contributed by atoms with Crippen LogP contribution >= 0.6 is 0 Å².